The highest BCUT2D eigenvalue weighted by Crippen LogP contribution is 2.51. The molecule has 1 aliphatic carbocycles. The summed E-state index contributed by atoms with van der Waals surface area (Å²) in [5.41, 5.74) is 22.3. The summed E-state index contributed by atoms with van der Waals surface area (Å²) in [7, 11) is 0. The van der Waals surface area contributed by atoms with Gasteiger partial charge in [0.2, 0.25) is 0 Å². The number of para-hydroxylation sites is 4. The Bertz CT molecular complexity index is 3510. The second kappa shape index (κ2) is 19.0. The van der Waals surface area contributed by atoms with E-state index in [4.69, 9.17) is 0 Å². The molecule has 0 atom stereocenters. The maximum Gasteiger partial charge on any atom is 0.0465 e. The van der Waals surface area contributed by atoms with Gasteiger partial charge in [0.1, 0.15) is 0 Å². The van der Waals surface area contributed by atoms with Crippen LogP contribution in [-0.2, 0) is 5.41 Å². The van der Waals surface area contributed by atoms with Gasteiger partial charge in [0.05, 0.1) is 0 Å². The summed E-state index contributed by atoms with van der Waals surface area (Å²) in [5, 5.41) is 0. The van der Waals surface area contributed by atoms with Crippen LogP contribution < -0.4 is 14.7 Å². The van der Waals surface area contributed by atoms with E-state index in [1.54, 1.807) is 0 Å². The average Bonchev–Trinajstić information content (AvgIpc) is 3.68. The molecule has 1 aliphatic rings. The summed E-state index contributed by atoms with van der Waals surface area (Å²) in [4.78, 5) is 6.99. The third-order valence-electron chi connectivity index (χ3n) is 14.3. The Morgan fingerprint density at radius 1 is 0.208 bits per heavy atom. The molecule has 0 amide bonds. The van der Waals surface area contributed by atoms with Crippen molar-refractivity contribution in [3.63, 3.8) is 0 Å². The van der Waals surface area contributed by atoms with Crippen LogP contribution in [0.1, 0.15) is 25.0 Å². The van der Waals surface area contributed by atoms with E-state index in [0.29, 0.717) is 0 Å². The Hall–Kier alpha value is -9.18. The van der Waals surface area contributed by atoms with Crippen molar-refractivity contribution in [3.05, 3.63) is 296 Å². The zero-order valence-electron chi connectivity index (χ0n) is 40.5. The lowest BCUT2D eigenvalue weighted by molar-refractivity contribution is 0.660. The van der Waals surface area contributed by atoms with Crippen LogP contribution in [0.15, 0.2) is 285 Å². The number of hydrogen-bond donors (Lipinski definition) is 0. The predicted molar refractivity (Wildman–Crippen MR) is 304 cm³/mol. The van der Waals surface area contributed by atoms with E-state index in [-0.39, 0.29) is 5.41 Å². The quantitative estimate of drug-likeness (QED) is 0.121. The standard InChI is InChI=1S/C69H53N3/c1-69(2)67-26-16-15-25-65(67)66-48-47-64(49-68(66)69)72(63-45-37-55(38-46-63)54-33-41-61(42-34-54)71(58-21-11-5-12-22-58)59-23-13-6-14-24-59)62-43-35-53(36-44-62)51-29-27-50(28-30-51)52-31-39-60(40-32-52)70(56-17-7-3-8-18-56)57-19-9-4-10-20-57/h3-49H,1-2H3. The molecule has 0 spiro atoms. The van der Waals surface area contributed by atoms with Gasteiger partial charge >= 0.3 is 0 Å². The number of anilines is 9. The van der Waals surface area contributed by atoms with Gasteiger partial charge in [-0.15, -0.1) is 0 Å². The lowest BCUT2D eigenvalue weighted by atomic mass is 9.82. The van der Waals surface area contributed by atoms with Gasteiger partial charge in [-0.25, -0.2) is 0 Å². The average molecular weight is 924 g/mol. The Labute approximate surface area is 423 Å². The van der Waals surface area contributed by atoms with Crippen molar-refractivity contribution >= 4 is 51.2 Å². The van der Waals surface area contributed by atoms with Crippen molar-refractivity contribution < 1.29 is 0 Å². The van der Waals surface area contributed by atoms with Gasteiger partial charge in [0, 0.05) is 56.6 Å². The van der Waals surface area contributed by atoms with Crippen LogP contribution in [0.5, 0.6) is 0 Å². The van der Waals surface area contributed by atoms with Gasteiger partial charge in [-0.1, -0.05) is 190 Å². The second-order valence-corrected chi connectivity index (χ2v) is 19.0. The van der Waals surface area contributed by atoms with E-state index in [9.17, 15) is 0 Å². The molecule has 0 aliphatic heterocycles. The third-order valence-corrected chi connectivity index (χ3v) is 14.3. The largest absolute Gasteiger partial charge is 0.311 e. The molecule has 3 nitrogen and oxygen atoms in total. The molecular weight excluding hydrogens is 871 g/mol. The highest BCUT2D eigenvalue weighted by atomic mass is 15.2. The van der Waals surface area contributed by atoms with Gasteiger partial charge < -0.3 is 14.7 Å². The zero-order chi connectivity index (χ0) is 48.4. The van der Waals surface area contributed by atoms with Gasteiger partial charge in [-0.3, -0.25) is 0 Å². The molecule has 11 aromatic carbocycles. The molecule has 0 unspecified atom stereocenters. The Kier molecular flexibility index (Phi) is 11.6. The van der Waals surface area contributed by atoms with Crippen molar-refractivity contribution in [2.45, 2.75) is 19.3 Å². The minimum atomic E-state index is -0.122. The minimum absolute atomic E-state index is 0.122. The van der Waals surface area contributed by atoms with E-state index in [1.807, 2.05) is 0 Å². The number of rotatable bonds is 12. The molecule has 0 aromatic heterocycles. The summed E-state index contributed by atoms with van der Waals surface area (Å²) in [6.07, 6.45) is 0. The van der Waals surface area contributed by atoms with Crippen molar-refractivity contribution in [2.24, 2.45) is 0 Å². The van der Waals surface area contributed by atoms with E-state index >= 15 is 0 Å². The molecule has 0 heterocycles. The first-order chi connectivity index (χ1) is 35.5. The van der Waals surface area contributed by atoms with Crippen LogP contribution in [0.4, 0.5) is 51.2 Å². The lowest BCUT2D eigenvalue weighted by Gasteiger charge is -2.28. The van der Waals surface area contributed by atoms with E-state index in [0.717, 1.165) is 56.7 Å². The lowest BCUT2D eigenvalue weighted by Crippen LogP contribution is -2.16. The maximum atomic E-state index is 2.41. The summed E-state index contributed by atoms with van der Waals surface area (Å²) in [5.74, 6) is 0. The van der Waals surface area contributed by atoms with Crippen molar-refractivity contribution in [1.29, 1.82) is 0 Å². The molecule has 0 saturated heterocycles. The molecule has 72 heavy (non-hydrogen) atoms. The van der Waals surface area contributed by atoms with Crippen LogP contribution in [0, 0.1) is 0 Å². The van der Waals surface area contributed by atoms with Gasteiger partial charge in [0.15, 0.2) is 0 Å². The molecule has 0 bridgehead atoms. The smallest absolute Gasteiger partial charge is 0.0465 e. The molecule has 0 fully saturated rings. The fraction of sp³-hybridized carbons (Fsp3) is 0.0435. The molecule has 12 rings (SSSR count). The predicted octanol–water partition coefficient (Wildman–Crippen LogP) is 19.4. The Balaban J connectivity index is 0.836. The minimum Gasteiger partial charge on any atom is -0.311 e. The molecule has 0 N–H and O–H groups in total. The Morgan fingerprint density at radius 3 is 0.778 bits per heavy atom. The SMILES string of the molecule is CC1(C)c2ccccc2-c2ccc(N(c3ccc(-c4ccc(-c5ccc(N(c6ccccc6)c6ccccc6)cc5)cc4)cc3)c3ccc(-c4ccc(N(c5ccccc5)c5ccccc5)cc4)cc3)cc21. The van der Waals surface area contributed by atoms with Crippen molar-refractivity contribution in [1.82, 2.24) is 0 Å². The number of hydrogen-bond acceptors (Lipinski definition) is 3. The summed E-state index contributed by atoms with van der Waals surface area (Å²) in [6.45, 7) is 4.71. The molecule has 0 radical (unpaired) electrons. The highest BCUT2D eigenvalue weighted by molar-refractivity contribution is 5.87. The van der Waals surface area contributed by atoms with Gasteiger partial charge in [-0.2, -0.15) is 0 Å². The molecule has 0 saturated carbocycles. The second-order valence-electron chi connectivity index (χ2n) is 19.0. The normalized spacial score (nSPS) is 12.1. The van der Waals surface area contributed by atoms with Crippen LogP contribution in [0.3, 0.4) is 0 Å². The number of nitrogens with zero attached hydrogens (tertiary/aromatic N) is 3. The number of benzene rings is 11. The van der Waals surface area contributed by atoms with E-state index < -0.39 is 0 Å². The molecule has 344 valence electrons. The molecular formula is C69H53N3. The topological polar surface area (TPSA) is 9.72 Å². The molecule has 11 aromatic rings. The summed E-state index contributed by atoms with van der Waals surface area (Å²) >= 11 is 0. The summed E-state index contributed by atoms with van der Waals surface area (Å²) < 4.78 is 0. The fourth-order valence-electron chi connectivity index (χ4n) is 10.5. The first kappa shape index (κ1) is 44.1. The fourth-order valence-corrected chi connectivity index (χ4v) is 10.5. The number of fused-ring (bicyclic) bond motifs is 3. The van der Waals surface area contributed by atoms with E-state index in [2.05, 4.69) is 314 Å². The van der Waals surface area contributed by atoms with Crippen LogP contribution >= 0.6 is 0 Å². The maximum absolute atomic E-state index is 2.41. The third kappa shape index (κ3) is 8.42. The Morgan fingerprint density at radius 2 is 0.444 bits per heavy atom. The van der Waals surface area contributed by atoms with Crippen LogP contribution in [0.25, 0.3) is 44.5 Å². The summed E-state index contributed by atoms with van der Waals surface area (Å²) in [6, 6.07) is 103. The molecule has 3 heteroatoms. The van der Waals surface area contributed by atoms with Crippen LogP contribution in [0.2, 0.25) is 0 Å². The van der Waals surface area contributed by atoms with Crippen molar-refractivity contribution in [3.8, 4) is 44.5 Å². The van der Waals surface area contributed by atoms with Crippen LogP contribution in [-0.4, -0.2) is 0 Å². The first-order valence-corrected chi connectivity index (χ1v) is 24.8. The van der Waals surface area contributed by atoms with Gasteiger partial charge in [-0.05, 0) is 165 Å². The zero-order valence-corrected chi connectivity index (χ0v) is 40.5. The van der Waals surface area contributed by atoms with E-state index in [1.165, 1.54) is 50.1 Å². The monoisotopic (exact) mass is 923 g/mol. The van der Waals surface area contributed by atoms with Gasteiger partial charge in [0.25, 0.3) is 0 Å². The first-order valence-electron chi connectivity index (χ1n) is 24.8. The van der Waals surface area contributed by atoms with Crippen molar-refractivity contribution in [2.75, 3.05) is 14.7 Å². The highest BCUT2D eigenvalue weighted by Gasteiger charge is 2.35.